The topological polar surface area (TPSA) is 54.7 Å². The van der Waals surface area contributed by atoms with Crippen LogP contribution >= 0.6 is 0 Å². The standard InChI is InChI=1S/C27H30N2O3/c1-31-26-25(28-24(30)17-20-7-3-2-4-8-20)22-9-5-6-10-23(22)27(26)12-14-29(15-13-27)18-21-11-16-32-19-21/h2-11,16,19,25-26H,12-15,17-18H2,1H3,(H,28,30)/t25-,26+/m1/s1. The third-order valence-corrected chi connectivity index (χ3v) is 7.19. The Hall–Kier alpha value is -2.89. The summed E-state index contributed by atoms with van der Waals surface area (Å²) in [5, 5.41) is 3.31. The molecular formula is C27H30N2O3. The highest BCUT2D eigenvalue weighted by atomic mass is 16.5. The molecule has 0 radical (unpaired) electrons. The number of rotatable bonds is 6. The summed E-state index contributed by atoms with van der Waals surface area (Å²) >= 11 is 0. The van der Waals surface area contributed by atoms with E-state index in [1.54, 1.807) is 13.4 Å². The van der Waals surface area contributed by atoms with Crippen molar-refractivity contribution in [2.24, 2.45) is 0 Å². The molecule has 2 aliphatic rings. The van der Waals surface area contributed by atoms with Crippen LogP contribution in [0, 0.1) is 0 Å². The van der Waals surface area contributed by atoms with Gasteiger partial charge in [0.25, 0.3) is 0 Å². The summed E-state index contributed by atoms with van der Waals surface area (Å²) in [5.74, 6) is 0.0347. The normalized spacial score (nSPS) is 22.0. The van der Waals surface area contributed by atoms with E-state index in [0.29, 0.717) is 6.42 Å². The minimum atomic E-state index is -0.132. The van der Waals surface area contributed by atoms with Crippen LogP contribution in [0.2, 0.25) is 0 Å². The highest BCUT2D eigenvalue weighted by molar-refractivity contribution is 5.79. The van der Waals surface area contributed by atoms with Crippen LogP contribution in [0.3, 0.4) is 0 Å². The highest BCUT2D eigenvalue weighted by Crippen LogP contribution is 2.52. The molecule has 166 valence electrons. The van der Waals surface area contributed by atoms with Crippen molar-refractivity contribution in [1.82, 2.24) is 10.2 Å². The molecule has 2 aromatic carbocycles. The van der Waals surface area contributed by atoms with E-state index in [4.69, 9.17) is 9.15 Å². The van der Waals surface area contributed by atoms with Crippen molar-refractivity contribution < 1.29 is 13.9 Å². The van der Waals surface area contributed by atoms with Crippen molar-refractivity contribution in [2.75, 3.05) is 20.2 Å². The third-order valence-electron chi connectivity index (χ3n) is 7.19. The van der Waals surface area contributed by atoms with Gasteiger partial charge < -0.3 is 14.5 Å². The average molecular weight is 431 g/mol. The van der Waals surface area contributed by atoms with E-state index in [1.807, 2.05) is 42.7 Å². The van der Waals surface area contributed by atoms with Gasteiger partial charge in [-0.25, -0.2) is 0 Å². The predicted molar refractivity (Wildman–Crippen MR) is 123 cm³/mol. The summed E-state index contributed by atoms with van der Waals surface area (Å²) in [6.45, 7) is 2.89. The number of carbonyl (C=O) groups is 1. The Morgan fingerprint density at radius 3 is 2.53 bits per heavy atom. The van der Waals surface area contributed by atoms with Crippen LogP contribution in [0.25, 0.3) is 0 Å². The van der Waals surface area contributed by atoms with Crippen molar-refractivity contribution >= 4 is 5.91 Å². The van der Waals surface area contributed by atoms with Crippen LogP contribution in [0.5, 0.6) is 0 Å². The number of hydrogen-bond donors (Lipinski definition) is 1. The number of nitrogens with one attached hydrogen (secondary N) is 1. The minimum absolute atomic E-state index is 0.0347. The number of benzene rings is 2. The summed E-state index contributed by atoms with van der Waals surface area (Å²) in [4.78, 5) is 15.4. The van der Waals surface area contributed by atoms with Crippen LogP contribution in [-0.4, -0.2) is 37.1 Å². The second-order valence-electron chi connectivity index (χ2n) is 9.01. The lowest BCUT2D eigenvalue weighted by Gasteiger charge is -2.44. The second-order valence-corrected chi connectivity index (χ2v) is 9.01. The van der Waals surface area contributed by atoms with Crippen LogP contribution in [-0.2, 0) is 27.9 Å². The molecule has 1 aromatic heterocycles. The molecule has 1 spiro atoms. The van der Waals surface area contributed by atoms with Gasteiger partial charge in [0.15, 0.2) is 0 Å². The van der Waals surface area contributed by atoms with Crippen molar-refractivity contribution in [3.63, 3.8) is 0 Å². The van der Waals surface area contributed by atoms with Crippen molar-refractivity contribution in [3.05, 3.63) is 95.4 Å². The van der Waals surface area contributed by atoms with E-state index in [9.17, 15) is 4.79 Å². The Labute approximate surface area is 189 Å². The van der Waals surface area contributed by atoms with Crippen molar-refractivity contribution in [3.8, 4) is 0 Å². The van der Waals surface area contributed by atoms with E-state index < -0.39 is 0 Å². The van der Waals surface area contributed by atoms with Crippen molar-refractivity contribution in [1.29, 1.82) is 0 Å². The van der Waals surface area contributed by atoms with Crippen molar-refractivity contribution in [2.45, 2.75) is 43.4 Å². The molecule has 1 fully saturated rings. The Balaban J connectivity index is 1.35. The number of amides is 1. The maximum absolute atomic E-state index is 13.0. The van der Waals surface area contributed by atoms with Gasteiger partial charge in [0, 0.05) is 24.6 Å². The fourth-order valence-corrected chi connectivity index (χ4v) is 5.68. The van der Waals surface area contributed by atoms with E-state index in [0.717, 1.165) is 38.0 Å². The lowest BCUT2D eigenvalue weighted by atomic mass is 9.72. The molecule has 1 saturated heterocycles. The van der Waals surface area contributed by atoms with Gasteiger partial charge in [0.2, 0.25) is 5.91 Å². The molecule has 5 rings (SSSR count). The first-order valence-corrected chi connectivity index (χ1v) is 11.4. The number of fused-ring (bicyclic) bond motifs is 2. The maximum Gasteiger partial charge on any atom is 0.224 e. The average Bonchev–Trinajstić information content (AvgIpc) is 3.41. The molecule has 3 aromatic rings. The number of piperidine rings is 1. The Kier molecular flexibility index (Phi) is 5.85. The summed E-state index contributed by atoms with van der Waals surface area (Å²) in [7, 11) is 1.78. The summed E-state index contributed by atoms with van der Waals surface area (Å²) < 4.78 is 11.4. The minimum Gasteiger partial charge on any atom is -0.472 e. The van der Waals surface area contributed by atoms with Gasteiger partial charge in [-0.3, -0.25) is 9.69 Å². The fourth-order valence-electron chi connectivity index (χ4n) is 5.68. The Morgan fingerprint density at radius 1 is 1.06 bits per heavy atom. The molecule has 0 unspecified atom stereocenters. The highest BCUT2D eigenvalue weighted by Gasteiger charge is 2.53. The molecule has 1 amide bonds. The summed E-state index contributed by atoms with van der Waals surface area (Å²) in [5.41, 5.74) is 4.68. The zero-order chi connectivity index (χ0) is 22.0. The van der Waals surface area contributed by atoms with E-state index in [2.05, 4.69) is 34.5 Å². The van der Waals surface area contributed by atoms with Gasteiger partial charge in [0.05, 0.1) is 31.1 Å². The third kappa shape index (κ3) is 3.87. The molecule has 1 aliphatic heterocycles. The first-order chi connectivity index (χ1) is 15.7. The molecule has 5 nitrogen and oxygen atoms in total. The first-order valence-electron chi connectivity index (χ1n) is 11.4. The quantitative estimate of drug-likeness (QED) is 0.636. The SMILES string of the molecule is CO[C@H]1[C@H](NC(=O)Cc2ccccc2)c2ccccc2C12CCN(Cc1ccoc1)CC2. The number of likely N-dealkylation sites (tertiary alicyclic amines) is 1. The molecule has 0 saturated carbocycles. The van der Waals surface area contributed by atoms with E-state index >= 15 is 0 Å². The van der Waals surface area contributed by atoms with Crippen LogP contribution in [0.15, 0.2) is 77.6 Å². The van der Waals surface area contributed by atoms with Crippen LogP contribution < -0.4 is 5.32 Å². The monoisotopic (exact) mass is 430 g/mol. The molecule has 2 atom stereocenters. The van der Waals surface area contributed by atoms with Crippen LogP contribution in [0.4, 0.5) is 0 Å². The van der Waals surface area contributed by atoms with Gasteiger partial charge >= 0.3 is 0 Å². The van der Waals surface area contributed by atoms with Gasteiger partial charge in [0.1, 0.15) is 0 Å². The van der Waals surface area contributed by atoms with Crippen LogP contribution in [0.1, 0.15) is 41.1 Å². The molecule has 2 heterocycles. The second kappa shape index (κ2) is 8.93. The smallest absolute Gasteiger partial charge is 0.224 e. The predicted octanol–water partition coefficient (Wildman–Crippen LogP) is 4.24. The van der Waals surface area contributed by atoms with E-state index in [-0.39, 0.29) is 23.5 Å². The lowest BCUT2D eigenvalue weighted by molar-refractivity contribution is -0.122. The lowest BCUT2D eigenvalue weighted by Crippen LogP contribution is -2.50. The molecule has 5 heteroatoms. The largest absolute Gasteiger partial charge is 0.472 e. The fraction of sp³-hybridized carbons (Fsp3) is 0.370. The number of methoxy groups -OCH3 is 1. The molecule has 1 aliphatic carbocycles. The molecular weight excluding hydrogens is 400 g/mol. The number of nitrogens with zero attached hydrogens (tertiary/aromatic N) is 1. The Bertz CT molecular complexity index is 1040. The number of ether oxygens (including phenoxy) is 1. The van der Waals surface area contributed by atoms with Gasteiger partial charge in [-0.1, -0.05) is 54.6 Å². The summed E-state index contributed by atoms with van der Waals surface area (Å²) in [6.07, 6.45) is 5.87. The zero-order valence-electron chi connectivity index (χ0n) is 18.5. The van der Waals surface area contributed by atoms with E-state index in [1.165, 1.54) is 16.7 Å². The van der Waals surface area contributed by atoms with Gasteiger partial charge in [-0.05, 0) is 48.7 Å². The number of carbonyl (C=O) groups excluding carboxylic acids is 1. The molecule has 0 bridgehead atoms. The molecule has 1 N–H and O–H groups in total. The molecule has 32 heavy (non-hydrogen) atoms. The summed E-state index contributed by atoms with van der Waals surface area (Å²) in [6, 6.07) is 20.4. The zero-order valence-corrected chi connectivity index (χ0v) is 18.5. The number of furan rings is 1. The maximum atomic E-state index is 13.0. The van der Waals surface area contributed by atoms with Gasteiger partial charge in [-0.2, -0.15) is 0 Å². The Morgan fingerprint density at radius 2 is 1.81 bits per heavy atom. The first kappa shape index (κ1) is 21.0. The number of hydrogen-bond acceptors (Lipinski definition) is 4. The van der Waals surface area contributed by atoms with Gasteiger partial charge in [-0.15, -0.1) is 0 Å².